The number of aliphatic hydroxyl groups is 1. The molecular weight excluding hydrogens is 587 g/mol. The van der Waals surface area contributed by atoms with Gasteiger partial charge in [0.25, 0.3) is 0 Å². The third-order valence-corrected chi connectivity index (χ3v) is 9.01. The Balaban J connectivity index is 4.34. The summed E-state index contributed by atoms with van der Waals surface area (Å²) in [5, 5.41) is 13.5. The van der Waals surface area contributed by atoms with Gasteiger partial charge in [-0.2, -0.15) is 0 Å². The van der Waals surface area contributed by atoms with E-state index in [2.05, 4.69) is 31.3 Å². The zero-order valence-corrected chi connectivity index (χ0v) is 30.0. The normalized spacial score (nSPS) is 14.7. The van der Waals surface area contributed by atoms with E-state index in [4.69, 9.17) is 14.8 Å². The van der Waals surface area contributed by atoms with E-state index in [0.29, 0.717) is 6.42 Å². The van der Waals surface area contributed by atoms with Crippen molar-refractivity contribution in [3.63, 3.8) is 0 Å². The van der Waals surface area contributed by atoms with E-state index < -0.39 is 20.0 Å². The minimum Gasteiger partial charge on any atom is -0.387 e. The van der Waals surface area contributed by atoms with E-state index in [9.17, 15) is 19.4 Å². The van der Waals surface area contributed by atoms with Crippen LogP contribution in [0.2, 0.25) is 0 Å². The predicted molar refractivity (Wildman–Crippen MR) is 189 cm³/mol. The van der Waals surface area contributed by atoms with Gasteiger partial charge in [-0.05, 0) is 32.1 Å². The Labute approximate surface area is 277 Å². The number of unbranched alkanes of at least 4 members (excludes halogenated alkanes) is 20. The molecule has 0 aromatic carbocycles. The summed E-state index contributed by atoms with van der Waals surface area (Å²) < 4.78 is 22.0. The van der Waals surface area contributed by atoms with Crippen LogP contribution in [-0.2, 0) is 18.4 Å². The van der Waals surface area contributed by atoms with Crippen LogP contribution in [0.4, 0.5) is 0 Å². The van der Waals surface area contributed by atoms with Crippen LogP contribution in [0.1, 0.15) is 168 Å². The maximum Gasteiger partial charge on any atom is 0.472 e. The molecule has 3 atom stereocenters. The summed E-state index contributed by atoms with van der Waals surface area (Å²) in [6.45, 7) is 4.07. The van der Waals surface area contributed by atoms with Crippen LogP contribution in [0.15, 0.2) is 24.3 Å². The van der Waals surface area contributed by atoms with Crippen LogP contribution in [-0.4, -0.2) is 47.8 Å². The van der Waals surface area contributed by atoms with Crippen molar-refractivity contribution in [2.24, 2.45) is 5.73 Å². The van der Waals surface area contributed by atoms with Crippen LogP contribution in [0.3, 0.4) is 0 Å². The monoisotopic (exact) mass is 659 g/mol. The molecule has 9 heteroatoms. The van der Waals surface area contributed by atoms with Crippen LogP contribution in [0.25, 0.3) is 0 Å². The summed E-state index contributed by atoms with van der Waals surface area (Å²) in [6, 6.07) is -0.870. The fraction of sp³-hybridized carbons (Fsp3) is 0.861. The van der Waals surface area contributed by atoms with Crippen molar-refractivity contribution < 1.29 is 28.4 Å². The molecule has 1 amide bonds. The van der Waals surface area contributed by atoms with E-state index in [1.54, 1.807) is 6.08 Å². The number of hydrogen-bond donors (Lipinski definition) is 4. The third-order valence-electron chi connectivity index (χ3n) is 8.03. The van der Waals surface area contributed by atoms with Gasteiger partial charge in [-0.3, -0.25) is 13.8 Å². The average Bonchev–Trinajstić information content (AvgIpc) is 3.02. The fourth-order valence-corrected chi connectivity index (χ4v) is 5.96. The SMILES string of the molecule is CCCCCCCCCCCCC/C=C/CC/C=C/C(O)C(COP(=O)(O)OCCN)NC(=O)CCCCCCCCCCC. The number of carbonyl (C=O) groups excluding carboxylic acids is 1. The molecule has 5 N–H and O–H groups in total. The summed E-state index contributed by atoms with van der Waals surface area (Å²) in [6.07, 6.45) is 35.2. The van der Waals surface area contributed by atoms with Gasteiger partial charge >= 0.3 is 7.82 Å². The molecule has 3 unspecified atom stereocenters. The minimum absolute atomic E-state index is 0.0753. The number of phosphoric ester groups is 1. The predicted octanol–water partition coefficient (Wildman–Crippen LogP) is 9.44. The standard InChI is InChI=1S/C36H71N2O6P/c1-3-5-7-9-11-13-14-15-16-17-18-19-20-22-23-25-27-29-35(39)34(33-44-45(41,42)43-32-31-37)38-36(40)30-28-26-24-21-12-10-8-6-4-2/h20,22,27,29,34-35,39H,3-19,21,23-26,28,30-33,37H2,1-2H3,(H,38,40)(H,41,42)/b22-20+,29-27+. The maximum atomic E-state index is 12.6. The second kappa shape index (κ2) is 32.9. The number of carbonyl (C=O) groups is 1. The fourth-order valence-electron chi connectivity index (χ4n) is 5.20. The van der Waals surface area contributed by atoms with E-state index >= 15 is 0 Å². The summed E-state index contributed by atoms with van der Waals surface area (Å²) in [5.74, 6) is -0.208. The summed E-state index contributed by atoms with van der Waals surface area (Å²) in [7, 11) is -4.33. The van der Waals surface area contributed by atoms with Crippen molar-refractivity contribution in [1.29, 1.82) is 0 Å². The van der Waals surface area contributed by atoms with Gasteiger partial charge in [-0.25, -0.2) is 4.57 Å². The molecule has 0 aromatic heterocycles. The summed E-state index contributed by atoms with van der Waals surface area (Å²) >= 11 is 0. The molecule has 266 valence electrons. The Morgan fingerprint density at radius 1 is 0.711 bits per heavy atom. The van der Waals surface area contributed by atoms with Crippen molar-refractivity contribution in [1.82, 2.24) is 5.32 Å². The molecule has 0 aliphatic rings. The zero-order valence-electron chi connectivity index (χ0n) is 29.1. The molecule has 45 heavy (non-hydrogen) atoms. The number of rotatable bonds is 34. The molecule has 0 fully saturated rings. The lowest BCUT2D eigenvalue weighted by molar-refractivity contribution is -0.123. The molecule has 0 aliphatic carbocycles. The van der Waals surface area contributed by atoms with E-state index in [-0.39, 0.29) is 25.7 Å². The largest absolute Gasteiger partial charge is 0.472 e. The molecule has 0 aromatic rings. The highest BCUT2D eigenvalue weighted by atomic mass is 31.2. The van der Waals surface area contributed by atoms with Crippen LogP contribution in [0.5, 0.6) is 0 Å². The van der Waals surface area contributed by atoms with Crippen molar-refractivity contribution in [2.75, 3.05) is 19.8 Å². The van der Waals surface area contributed by atoms with Gasteiger partial charge in [0.2, 0.25) is 5.91 Å². The minimum atomic E-state index is -4.33. The maximum absolute atomic E-state index is 12.6. The van der Waals surface area contributed by atoms with Crippen LogP contribution < -0.4 is 11.1 Å². The first-order valence-corrected chi connectivity index (χ1v) is 20.0. The number of nitrogens with one attached hydrogen (secondary N) is 1. The van der Waals surface area contributed by atoms with Gasteiger partial charge in [0.15, 0.2) is 0 Å². The van der Waals surface area contributed by atoms with Crippen molar-refractivity contribution in [3.8, 4) is 0 Å². The van der Waals surface area contributed by atoms with Gasteiger partial charge in [0.1, 0.15) is 0 Å². The molecule has 0 bridgehead atoms. The quantitative estimate of drug-likeness (QED) is 0.0308. The smallest absolute Gasteiger partial charge is 0.387 e. The molecular formula is C36H71N2O6P. The van der Waals surface area contributed by atoms with Gasteiger partial charge in [-0.15, -0.1) is 0 Å². The average molecular weight is 659 g/mol. The first-order chi connectivity index (χ1) is 21.9. The lowest BCUT2D eigenvalue weighted by Gasteiger charge is -2.23. The molecule has 0 saturated heterocycles. The van der Waals surface area contributed by atoms with Crippen molar-refractivity contribution >= 4 is 13.7 Å². The lowest BCUT2D eigenvalue weighted by atomic mass is 10.1. The van der Waals surface area contributed by atoms with Gasteiger partial charge < -0.3 is 21.1 Å². The second-order valence-corrected chi connectivity index (χ2v) is 13.9. The van der Waals surface area contributed by atoms with Gasteiger partial charge in [-0.1, -0.05) is 154 Å². The van der Waals surface area contributed by atoms with Crippen molar-refractivity contribution in [3.05, 3.63) is 24.3 Å². The Hall–Kier alpha value is -1.02. The molecule has 0 radical (unpaired) electrons. The number of allylic oxidation sites excluding steroid dienone is 3. The second-order valence-electron chi connectivity index (χ2n) is 12.4. The van der Waals surface area contributed by atoms with Crippen LogP contribution in [0, 0.1) is 0 Å². The molecule has 0 aliphatic heterocycles. The Bertz CT molecular complexity index is 764. The Morgan fingerprint density at radius 2 is 1.18 bits per heavy atom. The first kappa shape index (κ1) is 44.0. The zero-order chi connectivity index (χ0) is 33.3. The van der Waals surface area contributed by atoms with Gasteiger partial charge in [0, 0.05) is 13.0 Å². The van der Waals surface area contributed by atoms with Gasteiger partial charge in [0.05, 0.1) is 25.4 Å². The molecule has 0 saturated carbocycles. The highest BCUT2D eigenvalue weighted by Crippen LogP contribution is 2.43. The number of nitrogens with two attached hydrogens (primary N) is 1. The molecule has 0 spiro atoms. The number of phosphoric acid groups is 1. The van der Waals surface area contributed by atoms with E-state index in [0.717, 1.165) is 38.5 Å². The van der Waals surface area contributed by atoms with Crippen LogP contribution >= 0.6 is 7.82 Å². The first-order valence-electron chi connectivity index (χ1n) is 18.5. The highest BCUT2D eigenvalue weighted by molar-refractivity contribution is 7.47. The lowest BCUT2D eigenvalue weighted by Crippen LogP contribution is -2.45. The molecule has 0 heterocycles. The summed E-state index contributed by atoms with van der Waals surface area (Å²) in [5.41, 5.74) is 5.34. The number of hydrogen-bond acceptors (Lipinski definition) is 6. The van der Waals surface area contributed by atoms with Crippen molar-refractivity contribution in [2.45, 2.75) is 180 Å². The van der Waals surface area contributed by atoms with E-state index in [1.165, 1.54) is 109 Å². The summed E-state index contributed by atoms with van der Waals surface area (Å²) in [4.78, 5) is 22.5. The Morgan fingerprint density at radius 3 is 1.71 bits per heavy atom. The third kappa shape index (κ3) is 31.4. The molecule has 8 nitrogen and oxygen atoms in total. The molecule has 0 rings (SSSR count). The topological polar surface area (TPSA) is 131 Å². The van der Waals surface area contributed by atoms with E-state index in [1.807, 2.05) is 6.08 Å². The number of aliphatic hydroxyl groups excluding tert-OH is 1. The highest BCUT2D eigenvalue weighted by Gasteiger charge is 2.26. The Kier molecular flexibility index (Phi) is 32.2. The number of amides is 1.